The standard InChI is InChI=1S/C26H22N2O5/c29-22(30)13-14-27-26(33)21(15-16-7-2-1-3-8-16)28-25(32)20-12-6-11-19-23(20)17-9-4-5-10-18(17)24(19)31/h1-12,21H,13-15H2,(H,27,33)(H,28,32)(H,29,30)/t21-/m0/s1. The Morgan fingerprint density at radius 2 is 1.48 bits per heavy atom. The number of carboxylic acid groups (broad SMARTS) is 1. The number of fused-ring (bicyclic) bond motifs is 3. The average molecular weight is 442 g/mol. The van der Waals surface area contributed by atoms with Gasteiger partial charge in [-0.2, -0.15) is 0 Å². The van der Waals surface area contributed by atoms with E-state index in [1.807, 2.05) is 36.4 Å². The number of carbonyl (C=O) groups is 4. The molecule has 1 atom stereocenters. The fourth-order valence-electron chi connectivity index (χ4n) is 3.98. The second-order valence-electron chi connectivity index (χ2n) is 7.75. The highest BCUT2D eigenvalue weighted by Crippen LogP contribution is 2.38. The van der Waals surface area contributed by atoms with Crippen molar-refractivity contribution in [2.45, 2.75) is 18.9 Å². The Bertz CT molecular complexity index is 1240. The molecule has 0 spiro atoms. The van der Waals surface area contributed by atoms with Gasteiger partial charge in [0.2, 0.25) is 5.91 Å². The molecule has 0 saturated heterocycles. The van der Waals surface area contributed by atoms with Gasteiger partial charge >= 0.3 is 5.97 Å². The van der Waals surface area contributed by atoms with Crippen LogP contribution in [-0.4, -0.2) is 41.3 Å². The van der Waals surface area contributed by atoms with E-state index in [4.69, 9.17) is 5.11 Å². The molecule has 0 radical (unpaired) electrons. The lowest BCUT2D eigenvalue weighted by Gasteiger charge is -2.19. The van der Waals surface area contributed by atoms with Crippen LogP contribution in [0.25, 0.3) is 11.1 Å². The summed E-state index contributed by atoms with van der Waals surface area (Å²) in [6, 6.07) is 20.4. The molecule has 0 fully saturated rings. The summed E-state index contributed by atoms with van der Waals surface area (Å²) in [6.07, 6.45) is 0.0128. The van der Waals surface area contributed by atoms with Gasteiger partial charge in [0.1, 0.15) is 6.04 Å². The maximum absolute atomic E-state index is 13.3. The van der Waals surface area contributed by atoms with Gasteiger partial charge in [-0.1, -0.05) is 66.7 Å². The molecule has 33 heavy (non-hydrogen) atoms. The van der Waals surface area contributed by atoms with E-state index >= 15 is 0 Å². The Kier molecular flexibility index (Phi) is 6.31. The van der Waals surface area contributed by atoms with E-state index in [1.165, 1.54) is 0 Å². The molecule has 3 N–H and O–H groups in total. The van der Waals surface area contributed by atoms with E-state index in [2.05, 4.69) is 10.6 Å². The van der Waals surface area contributed by atoms with Gasteiger partial charge in [-0.15, -0.1) is 0 Å². The maximum atomic E-state index is 13.3. The number of ketones is 1. The minimum Gasteiger partial charge on any atom is -0.481 e. The van der Waals surface area contributed by atoms with Crippen molar-refractivity contribution in [3.63, 3.8) is 0 Å². The van der Waals surface area contributed by atoms with Crippen molar-refractivity contribution in [3.8, 4) is 11.1 Å². The van der Waals surface area contributed by atoms with Crippen LogP contribution in [0.2, 0.25) is 0 Å². The van der Waals surface area contributed by atoms with E-state index in [0.717, 1.165) is 5.56 Å². The van der Waals surface area contributed by atoms with Crippen LogP contribution in [0.1, 0.15) is 38.3 Å². The molecule has 0 aliphatic heterocycles. The van der Waals surface area contributed by atoms with Crippen LogP contribution < -0.4 is 10.6 Å². The second-order valence-corrected chi connectivity index (χ2v) is 7.75. The molecule has 4 rings (SSSR count). The Labute approximate surface area is 190 Å². The largest absolute Gasteiger partial charge is 0.481 e. The smallest absolute Gasteiger partial charge is 0.305 e. The highest BCUT2D eigenvalue weighted by molar-refractivity contribution is 6.24. The van der Waals surface area contributed by atoms with Gasteiger partial charge in [-0.25, -0.2) is 0 Å². The van der Waals surface area contributed by atoms with Crippen LogP contribution >= 0.6 is 0 Å². The van der Waals surface area contributed by atoms with Crippen molar-refractivity contribution in [3.05, 3.63) is 95.1 Å². The van der Waals surface area contributed by atoms with E-state index in [0.29, 0.717) is 27.8 Å². The maximum Gasteiger partial charge on any atom is 0.305 e. The number of rotatable bonds is 8. The molecule has 0 bridgehead atoms. The van der Waals surface area contributed by atoms with Crippen molar-refractivity contribution in [1.82, 2.24) is 10.6 Å². The van der Waals surface area contributed by atoms with Crippen LogP contribution in [0.15, 0.2) is 72.8 Å². The molecule has 7 heteroatoms. The Balaban J connectivity index is 1.61. The number of hydrogen-bond acceptors (Lipinski definition) is 4. The molecular weight excluding hydrogens is 420 g/mol. The van der Waals surface area contributed by atoms with Crippen molar-refractivity contribution in [2.75, 3.05) is 6.54 Å². The van der Waals surface area contributed by atoms with E-state index in [9.17, 15) is 19.2 Å². The number of carboxylic acids is 1. The van der Waals surface area contributed by atoms with Gasteiger partial charge in [0.25, 0.3) is 5.91 Å². The van der Waals surface area contributed by atoms with Crippen LogP contribution in [0.3, 0.4) is 0 Å². The first-order valence-corrected chi connectivity index (χ1v) is 10.6. The van der Waals surface area contributed by atoms with Crippen molar-refractivity contribution >= 4 is 23.6 Å². The first-order valence-electron chi connectivity index (χ1n) is 10.6. The van der Waals surface area contributed by atoms with Gasteiger partial charge in [0.15, 0.2) is 5.78 Å². The van der Waals surface area contributed by atoms with Crippen LogP contribution in [0.4, 0.5) is 0 Å². The van der Waals surface area contributed by atoms with Crippen LogP contribution in [-0.2, 0) is 16.0 Å². The zero-order valence-electron chi connectivity index (χ0n) is 17.7. The van der Waals surface area contributed by atoms with Crippen LogP contribution in [0, 0.1) is 0 Å². The number of aliphatic carboxylic acids is 1. The molecule has 0 saturated carbocycles. The van der Waals surface area contributed by atoms with Crippen LogP contribution in [0.5, 0.6) is 0 Å². The average Bonchev–Trinajstić information content (AvgIpc) is 3.11. The third kappa shape index (κ3) is 4.67. The first kappa shape index (κ1) is 22.0. The van der Waals surface area contributed by atoms with Crippen molar-refractivity contribution in [2.24, 2.45) is 0 Å². The van der Waals surface area contributed by atoms with Gasteiger partial charge in [0.05, 0.1) is 6.42 Å². The van der Waals surface area contributed by atoms with Gasteiger partial charge in [0, 0.05) is 35.2 Å². The summed E-state index contributed by atoms with van der Waals surface area (Å²) in [5, 5.41) is 14.2. The fourth-order valence-corrected chi connectivity index (χ4v) is 3.98. The molecule has 1 aliphatic rings. The van der Waals surface area contributed by atoms with Gasteiger partial charge in [-0.05, 0) is 17.2 Å². The van der Waals surface area contributed by atoms with E-state index in [-0.39, 0.29) is 25.2 Å². The quantitative estimate of drug-likeness (QED) is 0.388. The summed E-state index contributed by atoms with van der Waals surface area (Å²) in [6.45, 7) is -0.0437. The number of hydrogen-bond donors (Lipinski definition) is 3. The Hall–Kier alpha value is -4.26. The molecule has 0 aromatic heterocycles. The Morgan fingerprint density at radius 3 is 2.21 bits per heavy atom. The summed E-state index contributed by atoms with van der Waals surface area (Å²) in [5.41, 5.74) is 3.39. The highest BCUT2D eigenvalue weighted by Gasteiger charge is 2.31. The zero-order valence-corrected chi connectivity index (χ0v) is 17.7. The summed E-state index contributed by atoms with van der Waals surface area (Å²) >= 11 is 0. The predicted octanol–water partition coefficient (Wildman–Crippen LogP) is 2.83. The van der Waals surface area contributed by atoms with Gasteiger partial charge in [-0.3, -0.25) is 19.2 Å². The number of benzene rings is 3. The lowest BCUT2D eigenvalue weighted by Crippen LogP contribution is -2.48. The number of amides is 2. The normalized spacial score (nSPS) is 12.4. The van der Waals surface area contributed by atoms with E-state index < -0.39 is 23.8 Å². The molecule has 3 aromatic rings. The molecule has 3 aromatic carbocycles. The monoisotopic (exact) mass is 442 g/mol. The molecule has 2 amide bonds. The molecule has 166 valence electrons. The molecule has 1 aliphatic carbocycles. The zero-order chi connectivity index (χ0) is 23.4. The molecule has 7 nitrogen and oxygen atoms in total. The topological polar surface area (TPSA) is 113 Å². The third-order valence-electron chi connectivity index (χ3n) is 5.54. The number of carbonyl (C=O) groups excluding carboxylic acids is 3. The molecular formula is C26H22N2O5. The number of nitrogens with one attached hydrogen (secondary N) is 2. The fraction of sp³-hybridized carbons (Fsp3) is 0.154. The summed E-state index contributed by atoms with van der Waals surface area (Å²) in [7, 11) is 0. The van der Waals surface area contributed by atoms with Crippen molar-refractivity contribution in [1.29, 1.82) is 0 Å². The van der Waals surface area contributed by atoms with Gasteiger partial charge < -0.3 is 15.7 Å². The Morgan fingerprint density at radius 1 is 0.818 bits per heavy atom. The highest BCUT2D eigenvalue weighted by atomic mass is 16.4. The SMILES string of the molecule is O=C(O)CCNC(=O)[C@H](Cc1ccccc1)NC(=O)c1cccc2c1-c1ccccc1C2=O. The minimum absolute atomic E-state index is 0.0437. The summed E-state index contributed by atoms with van der Waals surface area (Å²) in [4.78, 5) is 49.7. The second kappa shape index (κ2) is 9.48. The lowest BCUT2D eigenvalue weighted by atomic mass is 9.98. The van der Waals surface area contributed by atoms with E-state index in [1.54, 1.807) is 36.4 Å². The summed E-state index contributed by atoms with van der Waals surface area (Å²) in [5.74, 6) is -2.12. The molecule has 0 heterocycles. The lowest BCUT2D eigenvalue weighted by molar-refractivity contribution is -0.137. The first-order chi connectivity index (χ1) is 16.0. The molecule has 0 unspecified atom stereocenters. The third-order valence-corrected chi connectivity index (χ3v) is 5.54. The van der Waals surface area contributed by atoms with Crippen molar-refractivity contribution < 1.29 is 24.3 Å². The predicted molar refractivity (Wildman–Crippen MR) is 122 cm³/mol. The minimum atomic E-state index is -1.03. The summed E-state index contributed by atoms with van der Waals surface area (Å²) < 4.78 is 0.